The van der Waals surface area contributed by atoms with Crippen LogP contribution in [0.4, 0.5) is 0 Å². The van der Waals surface area contributed by atoms with E-state index in [9.17, 15) is 4.79 Å². The summed E-state index contributed by atoms with van der Waals surface area (Å²) in [6.07, 6.45) is 3.82. The van der Waals surface area contributed by atoms with Crippen LogP contribution in [0.15, 0.2) is 0 Å². The Morgan fingerprint density at radius 1 is 1.60 bits per heavy atom. The number of carbonyl (C=O) groups is 1. The Hall–Kier alpha value is -0.570. The van der Waals surface area contributed by atoms with Crippen molar-refractivity contribution in [2.75, 3.05) is 19.7 Å². The van der Waals surface area contributed by atoms with Crippen LogP contribution in [0.2, 0.25) is 0 Å². The third-order valence-electron chi connectivity index (χ3n) is 3.35. The maximum absolute atomic E-state index is 11.9. The van der Waals surface area contributed by atoms with Gasteiger partial charge in [-0.2, -0.15) is 0 Å². The highest BCUT2D eigenvalue weighted by atomic mass is 16.3. The molecule has 0 saturated carbocycles. The van der Waals surface area contributed by atoms with Crippen molar-refractivity contribution in [3.05, 3.63) is 0 Å². The molecule has 3 heteroatoms. The van der Waals surface area contributed by atoms with E-state index in [0.717, 1.165) is 32.4 Å². The smallest absolute Gasteiger partial charge is 0.222 e. The number of hydrogen-bond acceptors (Lipinski definition) is 2. The Morgan fingerprint density at radius 2 is 2.33 bits per heavy atom. The minimum Gasteiger partial charge on any atom is -0.396 e. The second-order valence-corrected chi connectivity index (χ2v) is 4.75. The summed E-state index contributed by atoms with van der Waals surface area (Å²) >= 11 is 0. The molecule has 15 heavy (non-hydrogen) atoms. The van der Waals surface area contributed by atoms with E-state index in [0.29, 0.717) is 18.3 Å². The molecule has 1 aliphatic rings. The molecule has 1 heterocycles. The minimum absolute atomic E-state index is 0.215. The fraction of sp³-hybridized carbons (Fsp3) is 0.917. The van der Waals surface area contributed by atoms with Crippen LogP contribution in [-0.4, -0.2) is 35.6 Å². The summed E-state index contributed by atoms with van der Waals surface area (Å²) in [6.45, 7) is 6.08. The normalized spacial score (nSPS) is 23.9. The second kappa shape index (κ2) is 6.11. The van der Waals surface area contributed by atoms with Crippen LogP contribution >= 0.6 is 0 Å². The molecule has 2 atom stereocenters. The van der Waals surface area contributed by atoms with Gasteiger partial charge in [0.1, 0.15) is 0 Å². The Bertz CT molecular complexity index is 206. The summed E-state index contributed by atoms with van der Waals surface area (Å²) in [4.78, 5) is 13.8. The van der Waals surface area contributed by atoms with Crippen molar-refractivity contribution < 1.29 is 9.90 Å². The first-order valence-electron chi connectivity index (χ1n) is 6.06. The van der Waals surface area contributed by atoms with Crippen LogP contribution < -0.4 is 0 Å². The van der Waals surface area contributed by atoms with E-state index in [-0.39, 0.29) is 12.5 Å². The average molecular weight is 213 g/mol. The van der Waals surface area contributed by atoms with Gasteiger partial charge in [-0.1, -0.05) is 20.3 Å². The number of nitrogens with zero attached hydrogens (tertiary/aromatic N) is 1. The molecule has 0 bridgehead atoms. The SMILES string of the molecule is CC[C@@H](C)CC(=O)N1CCC[C@@H](CO)C1. The van der Waals surface area contributed by atoms with Crippen molar-refractivity contribution >= 4 is 5.91 Å². The Labute approximate surface area is 92.5 Å². The Balaban J connectivity index is 2.38. The molecule has 1 rings (SSSR count). The fourth-order valence-electron chi connectivity index (χ4n) is 2.01. The van der Waals surface area contributed by atoms with Gasteiger partial charge in [-0.25, -0.2) is 0 Å². The number of rotatable bonds is 4. The van der Waals surface area contributed by atoms with E-state index in [4.69, 9.17) is 5.11 Å². The van der Waals surface area contributed by atoms with Gasteiger partial charge >= 0.3 is 0 Å². The molecule has 1 aliphatic heterocycles. The van der Waals surface area contributed by atoms with Crippen LogP contribution in [0.3, 0.4) is 0 Å². The molecule has 1 N–H and O–H groups in total. The monoisotopic (exact) mass is 213 g/mol. The highest BCUT2D eigenvalue weighted by Gasteiger charge is 2.23. The second-order valence-electron chi connectivity index (χ2n) is 4.75. The molecule has 1 amide bonds. The molecule has 1 saturated heterocycles. The van der Waals surface area contributed by atoms with Crippen LogP contribution in [0, 0.1) is 11.8 Å². The van der Waals surface area contributed by atoms with Crippen molar-refractivity contribution in [2.45, 2.75) is 39.5 Å². The van der Waals surface area contributed by atoms with Gasteiger partial charge < -0.3 is 10.0 Å². The van der Waals surface area contributed by atoms with Gasteiger partial charge in [0, 0.05) is 26.1 Å². The first kappa shape index (κ1) is 12.5. The van der Waals surface area contributed by atoms with Gasteiger partial charge in [0.2, 0.25) is 5.91 Å². The third kappa shape index (κ3) is 3.82. The van der Waals surface area contributed by atoms with Crippen LogP contribution in [-0.2, 0) is 4.79 Å². The Kier molecular flexibility index (Phi) is 5.09. The van der Waals surface area contributed by atoms with Gasteiger partial charge in [0.05, 0.1) is 0 Å². The lowest BCUT2D eigenvalue weighted by atomic mass is 9.97. The topological polar surface area (TPSA) is 40.5 Å². The molecule has 0 aromatic heterocycles. The van der Waals surface area contributed by atoms with Gasteiger partial charge in [0.25, 0.3) is 0 Å². The largest absolute Gasteiger partial charge is 0.396 e. The average Bonchev–Trinajstić information content (AvgIpc) is 2.28. The van der Waals surface area contributed by atoms with Crippen molar-refractivity contribution in [2.24, 2.45) is 11.8 Å². The molecule has 0 unspecified atom stereocenters. The Morgan fingerprint density at radius 3 is 2.93 bits per heavy atom. The third-order valence-corrected chi connectivity index (χ3v) is 3.35. The van der Waals surface area contributed by atoms with Crippen LogP contribution in [0.1, 0.15) is 39.5 Å². The number of amides is 1. The van der Waals surface area contributed by atoms with Gasteiger partial charge in [-0.05, 0) is 24.7 Å². The van der Waals surface area contributed by atoms with Crippen molar-refractivity contribution in [3.63, 3.8) is 0 Å². The maximum atomic E-state index is 11.9. The first-order chi connectivity index (χ1) is 7.17. The summed E-state index contributed by atoms with van der Waals surface area (Å²) in [5.74, 6) is 1.05. The van der Waals surface area contributed by atoms with Crippen LogP contribution in [0.25, 0.3) is 0 Å². The number of aliphatic hydroxyl groups is 1. The predicted octanol–water partition coefficient (Wildman–Crippen LogP) is 1.65. The zero-order valence-corrected chi connectivity index (χ0v) is 9.91. The summed E-state index contributed by atoms with van der Waals surface area (Å²) in [6, 6.07) is 0. The highest BCUT2D eigenvalue weighted by Crippen LogP contribution is 2.18. The van der Waals surface area contributed by atoms with Crippen LogP contribution in [0.5, 0.6) is 0 Å². The number of aliphatic hydroxyl groups excluding tert-OH is 1. The number of carbonyl (C=O) groups excluding carboxylic acids is 1. The molecule has 1 fully saturated rings. The van der Waals surface area contributed by atoms with E-state index >= 15 is 0 Å². The quantitative estimate of drug-likeness (QED) is 0.771. The van der Waals surface area contributed by atoms with E-state index in [1.165, 1.54) is 0 Å². The minimum atomic E-state index is 0.215. The fourth-order valence-corrected chi connectivity index (χ4v) is 2.01. The number of piperidine rings is 1. The van der Waals surface area contributed by atoms with Gasteiger partial charge in [-0.3, -0.25) is 4.79 Å². The lowest BCUT2D eigenvalue weighted by Crippen LogP contribution is -2.41. The summed E-state index contributed by atoms with van der Waals surface area (Å²) in [5.41, 5.74) is 0. The zero-order chi connectivity index (χ0) is 11.3. The summed E-state index contributed by atoms with van der Waals surface area (Å²) < 4.78 is 0. The molecule has 3 nitrogen and oxygen atoms in total. The van der Waals surface area contributed by atoms with Gasteiger partial charge in [-0.15, -0.1) is 0 Å². The lowest BCUT2D eigenvalue weighted by molar-refractivity contribution is -0.134. The number of likely N-dealkylation sites (tertiary alicyclic amines) is 1. The van der Waals surface area contributed by atoms with Crippen molar-refractivity contribution in [1.29, 1.82) is 0 Å². The summed E-state index contributed by atoms with van der Waals surface area (Å²) in [5, 5.41) is 9.08. The standard InChI is InChI=1S/C12H23NO2/c1-3-10(2)7-12(15)13-6-4-5-11(8-13)9-14/h10-11,14H,3-9H2,1-2H3/t10-,11-/m1/s1. The maximum Gasteiger partial charge on any atom is 0.222 e. The van der Waals surface area contributed by atoms with Crippen molar-refractivity contribution in [3.8, 4) is 0 Å². The van der Waals surface area contributed by atoms with E-state index in [1.807, 2.05) is 4.90 Å². The van der Waals surface area contributed by atoms with E-state index < -0.39 is 0 Å². The molecule has 0 spiro atoms. The zero-order valence-electron chi connectivity index (χ0n) is 9.91. The van der Waals surface area contributed by atoms with Crippen molar-refractivity contribution in [1.82, 2.24) is 4.90 Å². The molecular weight excluding hydrogens is 190 g/mol. The lowest BCUT2D eigenvalue weighted by Gasteiger charge is -2.32. The van der Waals surface area contributed by atoms with Gasteiger partial charge in [0.15, 0.2) is 0 Å². The van der Waals surface area contributed by atoms with E-state index in [2.05, 4.69) is 13.8 Å². The predicted molar refractivity (Wildman–Crippen MR) is 60.5 cm³/mol. The summed E-state index contributed by atoms with van der Waals surface area (Å²) in [7, 11) is 0. The molecular formula is C12H23NO2. The highest BCUT2D eigenvalue weighted by molar-refractivity contribution is 5.76. The molecule has 0 aliphatic carbocycles. The van der Waals surface area contributed by atoms with E-state index in [1.54, 1.807) is 0 Å². The molecule has 0 aromatic carbocycles. The molecule has 88 valence electrons. The molecule has 0 aromatic rings. The first-order valence-corrected chi connectivity index (χ1v) is 6.06. The molecule has 0 radical (unpaired) electrons. The number of hydrogen-bond donors (Lipinski definition) is 1.